The number of carbonyl (C=O) groups is 2. The summed E-state index contributed by atoms with van der Waals surface area (Å²) in [6.45, 7) is 2.53. The van der Waals surface area contributed by atoms with Gasteiger partial charge in [0.15, 0.2) is 6.61 Å². The third-order valence-electron chi connectivity index (χ3n) is 2.94. The Morgan fingerprint density at radius 3 is 3.11 bits per heavy atom. The predicted molar refractivity (Wildman–Crippen MR) is 70.6 cm³/mol. The second-order valence-electron chi connectivity index (χ2n) is 4.52. The topological polar surface area (TPSA) is 93.5 Å². The van der Waals surface area contributed by atoms with Gasteiger partial charge >= 0.3 is 0 Å². The average molecular weight is 263 g/mol. The van der Waals surface area contributed by atoms with E-state index in [9.17, 15) is 9.59 Å². The molecular formula is C13H17N3O3. The van der Waals surface area contributed by atoms with E-state index in [-0.39, 0.29) is 24.3 Å². The summed E-state index contributed by atoms with van der Waals surface area (Å²) in [5.74, 6) is 0.177. The van der Waals surface area contributed by atoms with E-state index >= 15 is 0 Å². The number of hydrogen-bond acceptors (Lipinski definition) is 4. The maximum atomic E-state index is 11.6. The van der Waals surface area contributed by atoms with Crippen LogP contribution in [-0.2, 0) is 16.1 Å². The zero-order chi connectivity index (χ0) is 13.8. The largest absolute Gasteiger partial charge is 0.482 e. The molecule has 6 heteroatoms. The molecule has 1 aromatic carbocycles. The molecular weight excluding hydrogens is 246 g/mol. The summed E-state index contributed by atoms with van der Waals surface area (Å²) in [4.78, 5) is 22.8. The molecule has 0 saturated carbocycles. The lowest BCUT2D eigenvalue weighted by molar-refractivity contribution is -0.124. The number of hydrogen-bond donors (Lipinski definition) is 3. The van der Waals surface area contributed by atoms with E-state index in [1.807, 2.05) is 6.07 Å². The molecule has 102 valence electrons. The molecule has 1 atom stereocenters. The molecule has 0 bridgehead atoms. The number of anilines is 1. The Labute approximate surface area is 111 Å². The maximum absolute atomic E-state index is 11.6. The highest BCUT2D eigenvalue weighted by atomic mass is 16.5. The van der Waals surface area contributed by atoms with Crippen LogP contribution in [0.2, 0.25) is 0 Å². The van der Waals surface area contributed by atoms with E-state index in [2.05, 4.69) is 10.6 Å². The van der Waals surface area contributed by atoms with E-state index < -0.39 is 0 Å². The van der Waals surface area contributed by atoms with Crippen molar-refractivity contribution in [3.05, 3.63) is 23.8 Å². The maximum Gasteiger partial charge on any atom is 0.262 e. The summed E-state index contributed by atoms with van der Waals surface area (Å²) in [6, 6.07) is 5.42. The summed E-state index contributed by atoms with van der Waals surface area (Å²) < 4.78 is 5.26. The minimum atomic E-state index is -0.208. The summed E-state index contributed by atoms with van der Waals surface area (Å²) in [6.07, 6.45) is 0. The Morgan fingerprint density at radius 2 is 2.37 bits per heavy atom. The zero-order valence-electron chi connectivity index (χ0n) is 10.7. The number of amides is 2. The van der Waals surface area contributed by atoms with Crippen LogP contribution in [0.4, 0.5) is 5.69 Å². The van der Waals surface area contributed by atoms with Crippen LogP contribution in [0, 0.1) is 5.92 Å². The molecule has 1 aliphatic heterocycles. The fourth-order valence-corrected chi connectivity index (χ4v) is 1.71. The Kier molecular flexibility index (Phi) is 4.01. The van der Waals surface area contributed by atoms with Crippen LogP contribution >= 0.6 is 0 Å². The molecule has 19 heavy (non-hydrogen) atoms. The van der Waals surface area contributed by atoms with Gasteiger partial charge in [-0.3, -0.25) is 9.59 Å². The molecule has 1 unspecified atom stereocenters. The molecule has 0 spiro atoms. The van der Waals surface area contributed by atoms with Crippen molar-refractivity contribution in [1.29, 1.82) is 0 Å². The second-order valence-corrected chi connectivity index (χ2v) is 4.52. The molecule has 0 radical (unpaired) electrons. The molecule has 2 amide bonds. The highest BCUT2D eigenvalue weighted by Gasteiger charge is 2.16. The van der Waals surface area contributed by atoms with Gasteiger partial charge < -0.3 is 21.1 Å². The standard InChI is InChI=1S/C13H17N3O3/c1-8(5-14)13(18)15-6-9-2-3-11-10(4-9)16-12(17)7-19-11/h2-4,8H,5-7,14H2,1H3,(H,15,18)(H,16,17). The summed E-state index contributed by atoms with van der Waals surface area (Å²) in [5, 5.41) is 5.52. The number of benzene rings is 1. The third kappa shape index (κ3) is 3.23. The lowest BCUT2D eigenvalue weighted by Gasteiger charge is -2.18. The van der Waals surface area contributed by atoms with Gasteiger partial charge in [-0.15, -0.1) is 0 Å². The van der Waals surface area contributed by atoms with Crippen LogP contribution in [0.15, 0.2) is 18.2 Å². The Balaban J connectivity index is 2.00. The van der Waals surface area contributed by atoms with Crippen LogP contribution in [0.5, 0.6) is 5.75 Å². The smallest absolute Gasteiger partial charge is 0.262 e. The van der Waals surface area contributed by atoms with Crippen molar-refractivity contribution in [2.75, 3.05) is 18.5 Å². The van der Waals surface area contributed by atoms with Crippen molar-refractivity contribution in [1.82, 2.24) is 5.32 Å². The first-order valence-electron chi connectivity index (χ1n) is 6.13. The van der Waals surface area contributed by atoms with Crippen LogP contribution in [0.3, 0.4) is 0 Å². The van der Waals surface area contributed by atoms with Gasteiger partial charge in [0.2, 0.25) is 5.91 Å². The van der Waals surface area contributed by atoms with Crippen molar-refractivity contribution in [2.24, 2.45) is 11.7 Å². The first kappa shape index (κ1) is 13.4. The van der Waals surface area contributed by atoms with Gasteiger partial charge in [0.1, 0.15) is 5.75 Å². The molecule has 0 saturated heterocycles. The summed E-state index contributed by atoms with van der Waals surface area (Å²) in [7, 11) is 0. The SMILES string of the molecule is CC(CN)C(=O)NCc1ccc2c(c1)NC(=O)CO2. The molecule has 1 aromatic rings. The lowest BCUT2D eigenvalue weighted by Crippen LogP contribution is -2.32. The van der Waals surface area contributed by atoms with Gasteiger partial charge in [-0.1, -0.05) is 13.0 Å². The Bertz CT molecular complexity index is 502. The van der Waals surface area contributed by atoms with Crippen LogP contribution in [0.1, 0.15) is 12.5 Å². The van der Waals surface area contributed by atoms with Gasteiger partial charge in [-0.05, 0) is 17.7 Å². The van der Waals surface area contributed by atoms with Crippen molar-refractivity contribution in [2.45, 2.75) is 13.5 Å². The van der Waals surface area contributed by atoms with Crippen LogP contribution in [0.25, 0.3) is 0 Å². The van der Waals surface area contributed by atoms with E-state index in [0.29, 0.717) is 24.5 Å². The predicted octanol–water partition coefficient (Wildman–Crippen LogP) is 0.228. The third-order valence-corrected chi connectivity index (χ3v) is 2.94. The molecule has 1 aliphatic rings. The summed E-state index contributed by atoms with van der Waals surface area (Å²) >= 11 is 0. The van der Waals surface area contributed by atoms with E-state index in [1.54, 1.807) is 19.1 Å². The van der Waals surface area contributed by atoms with Gasteiger partial charge in [0, 0.05) is 19.0 Å². The highest BCUT2D eigenvalue weighted by molar-refractivity contribution is 5.95. The van der Waals surface area contributed by atoms with Crippen molar-refractivity contribution in [3.8, 4) is 5.75 Å². The van der Waals surface area contributed by atoms with Gasteiger partial charge in [-0.2, -0.15) is 0 Å². The molecule has 0 fully saturated rings. The average Bonchev–Trinajstić information content (AvgIpc) is 2.43. The number of fused-ring (bicyclic) bond motifs is 1. The number of ether oxygens (including phenoxy) is 1. The molecule has 6 nitrogen and oxygen atoms in total. The normalized spacial score (nSPS) is 14.9. The monoisotopic (exact) mass is 263 g/mol. The second kappa shape index (κ2) is 5.71. The lowest BCUT2D eigenvalue weighted by atomic mass is 10.1. The quantitative estimate of drug-likeness (QED) is 0.725. The van der Waals surface area contributed by atoms with Crippen LogP contribution < -0.4 is 21.1 Å². The molecule has 2 rings (SSSR count). The van der Waals surface area contributed by atoms with Gasteiger partial charge in [0.25, 0.3) is 5.91 Å². The van der Waals surface area contributed by atoms with Crippen molar-refractivity contribution in [3.63, 3.8) is 0 Å². The number of nitrogens with two attached hydrogens (primary N) is 1. The first-order chi connectivity index (χ1) is 9.10. The molecule has 1 heterocycles. The first-order valence-corrected chi connectivity index (χ1v) is 6.13. The van der Waals surface area contributed by atoms with Gasteiger partial charge in [-0.25, -0.2) is 0 Å². The van der Waals surface area contributed by atoms with E-state index in [1.165, 1.54) is 0 Å². The number of rotatable bonds is 4. The minimum absolute atomic E-state index is 0.0388. The molecule has 4 N–H and O–H groups in total. The Hall–Kier alpha value is -2.08. The van der Waals surface area contributed by atoms with Crippen LogP contribution in [-0.4, -0.2) is 25.0 Å². The number of carbonyl (C=O) groups excluding carboxylic acids is 2. The number of nitrogens with one attached hydrogen (secondary N) is 2. The Morgan fingerprint density at radius 1 is 1.58 bits per heavy atom. The highest BCUT2D eigenvalue weighted by Crippen LogP contribution is 2.28. The van der Waals surface area contributed by atoms with Gasteiger partial charge in [0.05, 0.1) is 5.69 Å². The van der Waals surface area contributed by atoms with Crippen molar-refractivity contribution < 1.29 is 14.3 Å². The van der Waals surface area contributed by atoms with E-state index in [4.69, 9.17) is 10.5 Å². The van der Waals surface area contributed by atoms with Crippen molar-refractivity contribution >= 4 is 17.5 Å². The molecule has 0 aromatic heterocycles. The fourth-order valence-electron chi connectivity index (χ4n) is 1.71. The minimum Gasteiger partial charge on any atom is -0.482 e. The summed E-state index contributed by atoms with van der Waals surface area (Å²) in [5.41, 5.74) is 6.95. The fraction of sp³-hybridized carbons (Fsp3) is 0.385. The zero-order valence-corrected chi connectivity index (χ0v) is 10.7. The molecule has 0 aliphatic carbocycles. The van der Waals surface area contributed by atoms with E-state index in [0.717, 1.165) is 5.56 Å².